The summed E-state index contributed by atoms with van der Waals surface area (Å²) >= 11 is 5.83. The third-order valence-corrected chi connectivity index (χ3v) is 2.94. The highest BCUT2D eigenvalue weighted by Gasteiger charge is 2.19. The van der Waals surface area contributed by atoms with E-state index < -0.39 is 5.97 Å². The van der Waals surface area contributed by atoms with Gasteiger partial charge in [-0.2, -0.15) is 10.2 Å². The van der Waals surface area contributed by atoms with Gasteiger partial charge in [-0.05, 0) is 0 Å². The predicted molar refractivity (Wildman–Crippen MR) is 67.6 cm³/mol. The molecule has 0 aliphatic heterocycles. The molecule has 0 aliphatic carbocycles. The van der Waals surface area contributed by atoms with Crippen molar-refractivity contribution in [3.63, 3.8) is 0 Å². The highest BCUT2D eigenvalue weighted by atomic mass is 35.5. The van der Waals surface area contributed by atoms with Crippen molar-refractivity contribution in [3.05, 3.63) is 35.4 Å². The van der Waals surface area contributed by atoms with E-state index in [0.717, 1.165) is 0 Å². The first-order valence-corrected chi connectivity index (χ1v) is 5.70. The van der Waals surface area contributed by atoms with Gasteiger partial charge in [0.1, 0.15) is 5.56 Å². The SMILES string of the molecule is Cn1ncc2c(-n3cc(Cl)cn3)c(C(=O)O)cnc21. The fraction of sp³-hybridized carbons (Fsp3) is 0.0909. The Hall–Kier alpha value is -2.41. The van der Waals surface area contributed by atoms with Crippen molar-refractivity contribution in [2.75, 3.05) is 0 Å². The van der Waals surface area contributed by atoms with Crippen molar-refractivity contribution in [1.29, 1.82) is 0 Å². The van der Waals surface area contributed by atoms with E-state index in [-0.39, 0.29) is 5.56 Å². The van der Waals surface area contributed by atoms with Gasteiger partial charge in [0.2, 0.25) is 0 Å². The first-order valence-electron chi connectivity index (χ1n) is 5.32. The number of aromatic nitrogens is 5. The Morgan fingerprint density at radius 3 is 2.74 bits per heavy atom. The van der Waals surface area contributed by atoms with Crippen LogP contribution in [0.25, 0.3) is 16.7 Å². The molecule has 3 aromatic rings. The van der Waals surface area contributed by atoms with Crippen LogP contribution >= 0.6 is 11.6 Å². The molecule has 0 saturated heterocycles. The second-order valence-electron chi connectivity index (χ2n) is 3.93. The Kier molecular flexibility index (Phi) is 2.49. The van der Waals surface area contributed by atoms with Crippen LogP contribution in [-0.4, -0.2) is 35.6 Å². The summed E-state index contributed by atoms with van der Waals surface area (Å²) < 4.78 is 2.98. The fourth-order valence-electron chi connectivity index (χ4n) is 1.91. The fourth-order valence-corrected chi connectivity index (χ4v) is 2.05. The molecule has 0 saturated carbocycles. The number of aromatic carboxylic acids is 1. The van der Waals surface area contributed by atoms with Crippen LogP contribution < -0.4 is 0 Å². The summed E-state index contributed by atoms with van der Waals surface area (Å²) in [7, 11) is 1.73. The van der Waals surface area contributed by atoms with Gasteiger partial charge >= 0.3 is 5.97 Å². The lowest BCUT2D eigenvalue weighted by Crippen LogP contribution is -2.08. The van der Waals surface area contributed by atoms with E-state index in [2.05, 4.69) is 15.2 Å². The number of rotatable bonds is 2. The molecule has 3 heterocycles. The van der Waals surface area contributed by atoms with Crippen LogP contribution in [0.1, 0.15) is 10.4 Å². The van der Waals surface area contributed by atoms with E-state index >= 15 is 0 Å². The van der Waals surface area contributed by atoms with E-state index in [4.69, 9.17) is 11.6 Å². The molecule has 1 N–H and O–H groups in total. The first-order chi connectivity index (χ1) is 9.08. The van der Waals surface area contributed by atoms with E-state index in [0.29, 0.717) is 21.7 Å². The minimum absolute atomic E-state index is 0.0419. The van der Waals surface area contributed by atoms with Gasteiger partial charge in [-0.3, -0.25) is 4.68 Å². The van der Waals surface area contributed by atoms with Crippen LogP contribution in [0.15, 0.2) is 24.8 Å². The van der Waals surface area contributed by atoms with Gasteiger partial charge in [0.05, 0.1) is 28.5 Å². The Morgan fingerprint density at radius 2 is 2.11 bits per heavy atom. The predicted octanol–water partition coefficient (Wildman–Crippen LogP) is 1.51. The minimum atomic E-state index is -1.08. The lowest BCUT2D eigenvalue weighted by molar-refractivity contribution is 0.0696. The van der Waals surface area contributed by atoms with Crippen LogP contribution in [-0.2, 0) is 7.05 Å². The Bertz CT molecular complexity index is 792. The molecular formula is C11H8ClN5O2. The lowest BCUT2D eigenvalue weighted by atomic mass is 10.2. The van der Waals surface area contributed by atoms with Crippen molar-refractivity contribution in [3.8, 4) is 5.69 Å². The molecule has 96 valence electrons. The molecule has 3 rings (SSSR count). The Labute approximate surface area is 112 Å². The maximum atomic E-state index is 11.3. The zero-order chi connectivity index (χ0) is 13.6. The molecule has 0 fully saturated rings. The second kappa shape index (κ2) is 4.06. The molecule has 0 aromatic carbocycles. The number of halogens is 1. The highest BCUT2D eigenvalue weighted by Crippen LogP contribution is 2.24. The van der Waals surface area contributed by atoms with E-state index in [1.165, 1.54) is 23.3 Å². The second-order valence-corrected chi connectivity index (χ2v) is 4.37. The zero-order valence-corrected chi connectivity index (χ0v) is 10.5. The maximum Gasteiger partial charge on any atom is 0.339 e. The Balaban J connectivity index is 2.41. The van der Waals surface area contributed by atoms with Gasteiger partial charge in [0.15, 0.2) is 5.65 Å². The molecule has 8 heteroatoms. The quantitative estimate of drug-likeness (QED) is 0.767. The van der Waals surface area contributed by atoms with Crippen LogP contribution in [0.2, 0.25) is 5.02 Å². The summed E-state index contributed by atoms with van der Waals surface area (Å²) in [6.07, 6.45) is 5.82. The average molecular weight is 278 g/mol. The summed E-state index contributed by atoms with van der Waals surface area (Å²) in [5, 5.41) is 18.4. The number of carbonyl (C=O) groups is 1. The average Bonchev–Trinajstić information content (AvgIpc) is 2.95. The van der Waals surface area contributed by atoms with Gasteiger partial charge in [-0.15, -0.1) is 0 Å². The monoisotopic (exact) mass is 277 g/mol. The number of aryl methyl sites for hydroxylation is 1. The smallest absolute Gasteiger partial charge is 0.339 e. The van der Waals surface area contributed by atoms with E-state index in [9.17, 15) is 9.90 Å². The summed E-state index contributed by atoms with van der Waals surface area (Å²) in [6, 6.07) is 0. The first kappa shape index (κ1) is 11.7. The van der Waals surface area contributed by atoms with Crippen molar-refractivity contribution >= 4 is 28.6 Å². The molecule has 19 heavy (non-hydrogen) atoms. The molecule has 0 atom stereocenters. The largest absolute Gasteiger partial charge is 0.478 e. The zero-order valence-electron chi connectivity index (χ0n) is 9.78. The van der Waals surface area contributed by atoms with Crippen LogP contribution in [0.5, 0.6) is 0 Å². The molecule has 3 aromatic heterocycles. The summed E-state index contributed by atoms with van der Waals surface area (Å²) in [6.45, 7) is 0. The van der Waals surface area contributed by atoms with E-state index in [1.54, 1.807) is 17.9 Å². The summed E-state index contributed by atoms with van der Waals surface area (Å²) in [5.74, 6) is -1.08. The van der Waals surface area contributed by atoms with Crippen molar-refractivity contribution < 1.29 is 9.90 Å². The molecule has 0 unspecified atom stereocenters. The maximum absolute atomic E-state index is 11.3. The minimum Gasteiger partial charge on any atom is -0.478 e. The van der Waals surface area contributed by atoms with Crippen molar-refractivity contribution in [2.24, 2.45) is 7.05 Å². The molecule has 0 spiro atoms. The number of carboxylic acid groups (broad SMARTS) is 1. The molecule has 0 amide bonds. The highest BCUT2D eigenvalue weighted by molar-refractivity contribution is 6.30. The van der Waals surface area contributed by atoms with Gasteiger partial charge < -0.3 is 5.11 Å². The molecule has 0 bridgehead atoms. The third kappa shape index (κ3) is 1.75. The van der Waals surface area contributed by atoms with Crippen molar-refractivity contribution in [2.45, 2.75) is 0 Å². The Morgan fingerprint density at radius 1 is 1.32 bits per heavy atom. The standard InChI is InChI=1S/C11H8ClN5O2/c1-16-10-7(4-14-16)9(8(3-13-10)11(18)19)17-5-6(12)2-15-17/h2-5H,1H3,(H,18,19). The van der Waals surface area contributed by atoms with Gasteiger partial charge in [0, 0.05) is 19.4 Å². The van der Waals surface area contributed by atoms with Gasteiger partial charge in [-0.1, -0.05) is 11.6 Å². The molecule has 0 aliphatic rings. The number of pyridine rings is 1. The molecular weight excluding hydrogens is 270 g/mol. The van der Waals surface area contributed by atoms with Crippen molar-refractivity contribution in [1.82, 2.24) is 24.5 Å². The van der Waals surface area contributed by atoms with E-state index in [1.807, 2.05) is 0 Å². The lowest BCUT2D eigenvalue weighted by Gasteiger charge is -2.07. The summed E-state index contributed by atoms with van der Waals surface area (Å²) in [5.41, 5.74) is 1.02. The molecule has 7 nitrogen and oxygen atoms in total. The summed E-state index contributed by atoms with van der Waals surface area (Å²) in [4.78, 5) is 15.4. The number of nitrogens with zero attached hydrogens (tertiary/aromatic N) is 5. The van der Waals surface area contributed by atoms with Crippen LogP contribution in [0.4, 0.5) is 0 Å². The third-order valence-electron chi connectivity index (χ3n) is 2.74. The normalized spacial score (nSPS) is 11.1. The van der Waals surface area contributed by atoms with Crippen LogP contribution in [0, 0.1) is 0 Å². The number of hydrogen-bond donors (Lipinski definition) is 1. The number of hydrogen-bond acceptors (Lipinski definition) is 4. The van der Waals surface area contributed by atoms with Gasteiger partial charge in [-0.25, -0.2) is 14.5 Å². The number of carboxylic acids is 1. The van der Waals surface area contributed by atoms with Gasteiger partial charge in [0.25, 0.3) is 0 Å². The van der Waals surface area contributed by atoms with Crippen LogP contribution in [0.3, 0.4) is 0 Å². The molecule has 0 radical (unpaired) electrons. The number of fused-ring (bicyclic) bond motifs is 1. The topological polar surface area (TPSA) is 85.8 Å².